The molecule has 0 aromatic heterocycles. The number of benzene rings is 1. The van der Waals surface area contributed by atoms with Crippen molar-refractivity contribution in [2.45, 2.75) is 13.0 Å². The van der Waals surface area contributed by atoms with Gasteiger partial charge in [-0.1, -0.05) is 36.1 Å². The highest BCUT2D eigenvalue weighted by atomic mass is 32.2. The second kappa shape index (κ2) is 7.51. The molecule has 2 rings (SSSR count). The lowest BCUT2D eigenvalue weighted by Gasteiger charge is -2.12. The zero-order chi connectivity index (χ0) is 17.0. The second-order valence-corrected chi connectivity index (χ2v) is 6.10. The van der Waals surface area contributed by atoms with Crippen molar-refractivity contribution in [2.75, 3.05) is 6.54 Å². The molecule has 0 aliphatic carbocycles. The molecule has 0 saturated carbocycles. The monoisotopic (exact) mass is 359 g/mol. The van der Waals surface area contributed by atoms with Crippen LogP contribution in [0, 0.1) is 0 Å². The molecular weight excluding hydrogens is 348 g/mol. The van der Waals surface area contributed by atoms with E-state index in [1.807, 2.05) is 0 Å². The molecular formula is C14H11F2NO4S2. The number of alkyl halides is 2. The predicted octanol–water partition coefficient (Wildman–Crippen LogP) is 2.96. The first-order chi connectivity index (χ1) is 10.9. The van der Waals surface area contributed by atoms with Gasteiger partial charge in [0.1, 0.15) is 10.1 Å². The van der Waals surface area contributed by atoms with E-state index in [2.05, 4.69) is 4.74 Å². The number of thiocarbonyl (C=S) groups is 1. The Kier molecular flexibility index (Phi) is 5.67. The van der Waals surface area contributed by atoms with Crippen LogP contribution >= 0.6 is 24.0 Å². The third-order valence-electron chi connectivity index (χ3n) is 2.83. The number of ether oxygens (including phenoxy) is 1. The zero-order valence-electron chi connectivity index (χ0n) is 11.6. The summed E-state index contributed by atoms with van der Waals surface area (Å²) in [7, 11) is 0. The number of carbonyl (C=O) groups is 2. The van der Waals surface area contributed by atoms with Crippen LogP contribution in [0.25, 0.3) is 6.08 Å². The average molecular weight is 359 g/mol. The molecule has 1 N–H and O–H groups in total. The third kappa shape index (κ3) is 4.73. The molecule has 1 fully saturated rings. The number of aliphatic carboxylic acids is 1. The van der Waals surface area contributed by atoms with Crippen molar-refractivity contribution >= 4 is 46.3 Å². The Morgan fingerprint density at radius 1 is 1.39 bits per heavy atom. The van der Waals surface area contributed by atoms with E-state index >= 15 is 0 Å². The van der Waals surface area contributed by atoms with E-state index in [-0.39, 0.29) is 24.6 Å². The van der Waals surface area contributed by atoms with Crippen LogP contribution in [-0.2, 0) is 9.59 Å². The van der Waals surface area contributed by atoms with E-state index in [0.29, 0.717) is 14.8 Å². The summed E-state index contributed by atoms with van der Waals surface area (Å²) in [5, 5.41) is 8.67. The minimum atomic E-state index is -2.90. The van der Waals surface area contributed by atoms with E-state index in [9.17, 15) is 18.4 Å². The summed E-state index contributed by atoms with van der Waals surface area (Å²) in [6, 6.07) is 5.79. The summed E-state index contributed by atoms with van der Waals surface area (Å²) >= 11 is 6.13. The first kappa shape index (κ1) is 17.4. The van der Waals surface area contributed by atoms with Crippen LogP contribution in [0.15, 0.2) is 29.2 Å². The molecule has 0 unspecified atom stereocenters. The summed E-state index contributed by atoms with van der Waals surface area (Å²) in [5.74, 6) is -1.36. The summed E-state index contributed by atoms with van der Waals surface area (Å²) in [6.07, 6.45) is 1.37. The molecule has 1 amide bonds. The fourth-order valence-corrected chi connectivity index (χ4v) is 3.11. The second-order valence-electron chi connectivity index (χ2n) is 4.42. The number of carboxylic acid groups (broad SMARTS) is 1. The molecule has 0 spiro atoms. The predicted molar refractivity (Wildman–Crippen MR) is 85.2 cm³/mol. The smallest absolute Gasteiger partial charge is 0.387 e. The molecule has 0 atom stereocenters. The van der Waals surface area contributed by atoms with Gasteiger partial charge in [-0.15, -0.1) is 0 Å². The molecule has 9 heteroatoms. The van der Waals surface area contributed by atoms with Crippen molar-refractivity contribution in [1.29, 1.82) is 0 Å². The Balaban J connectivity index is 2.09. The SMILES string of the molecule is O=C(O)CCN1C(=O)C(=Cc2ccc(OC(F)F)cc2)SC1=S. The van der Waals surface area contributed by atoms with Crippen molar-refractivity contribution in [2.24, 2.45) is 0 Å². The Bertz CT molecular complexity index is 661. The van der Waals surface area contributed by atoms with Crippen LogP contribution in [-0.4, -0.2) is 39.4 Å². The number of amides is 1. The molecule has 1 aromatic carbocycles. The van der Waals surface area contributed by atoms with Crippen molar-refractivity contribution < 1.29 is 28.2 Å². The Hall–Kier alpha value is -2.00. The summed E-state index contributed by atoms with van der Waals surface area (Å²) in [5.41, 5.74) is 0.616. The highest BCUT2D eigenvalue weighted by Gasteiger charge is 2.31. The fraction of sp³-hybridized carbons (Fsp3) is 0.214. The van der Waals surface area contributed by atoms with Crippen LogP contribution in [0.1, 0.15) is 12.0 Å². The summed E-state index contributed by atoms with van der Waals surface area (Å²) in [4.78, 5) is 24.3. The Morgan fingerprint density at radius 2 is 2.04 bits per heavy atom. The standard InChI is InChI=1S/C14H11F2NO4S2/c15-13(16)21-9-3-1-8(2-4-9)7-10-12(20)17(14(22)23-10)6-5-11(18)19/h1-4,7,13H,5-6H2,(H,18,19). The Labute approximate surface area is 139 Å². The van der Waals surface area contributed by atoms with Crippen molar-refractivity contribution in [3.63, 3.8) is 0 Å². The molecule has 122 valence electrons. The number of thioether (sulfide) groups is 1. The maximum Gasteiger partial charge on any atom is 0.387 e. The molecule has 23 heavy (non-hydrogen) atoms. The van der Waals surface area contributed by atoms with Gasteiger partial charge in [-0.25, -0.2) is 0 Å². The molecule has 5 nitrogen and oxygen atoms in total. The first-order valence-corrected chi connectivity index (χ1v) is 7.61. The number of nitrogens with zero attached hydrogens (tertiary/aromatic N) is 1. The molecule has 1 aromatic rings. The van der Waals surface area contributed by atoms with Crippen LogP contribution in [0.5, 0.6) is 5.75 Å². The number of hydrogen-bond donors (Lipinski definition) is 1. The lowest BCUT2D eigenvalue weighted by atomic mass is 10.2. The average Bonchev–Trinajstić information content (AvgIpc) is 2.73. The summed E-state index contributed by atoms with van der Waals surface area (Å²) in [6.45, 7) is -2.88. The lowest BCUT2D eigenvalue weighted by Crippen LogP contribution is -2.30. The van der Waals surface area contributed by atoms with Crippen LogP contribution in [0.2, 0.25) is 0 Å². The summed E-state index contributed by atoms with van der Waals surface area (Å²) < 4.78 is 28.7. The van der Waals surface area contributed by atoms with Crippen molar-refractivity contribution in [3.8, 4) is 5.75 Å². The number of rotatable bonds is 6. The van der Waals surface area contributed by atoms with Crippen LogP contribution in [0.3, 0.4) is 0 Å². The van der Waals surface area contributed by atoms with Crippen molar-refractivity contribution in [1.82, 2.24) is 4.90 Å². The maximum absolute atomic E-state index is 12.2. The lowest BCUT2D eigenvalue weighted by molar-refractivity contribution is -0.137. The molecule has 1 saturated heterocycles. The minimum Gasteiger partial charge on any atom is -0.481 e. The number of hydrogen-bond acceptors (Lipinski definition) is 5. The molecule has 0 radical (unpaired) electrons. The van der Waals surface area contributed by atoms with Gasteiger partial charge in [-0.05, 0) is 23.8 Å². The van der Waals surface area contributed by atoms with Crippen LogP contribution in [0.4, 0.5) is 8.78 Å². The van der Waals surface area contributed by atoms with Gasteiger partial charge in [0, 0.05) is 6.54 Å². The van der Waals surface area contributed by atoms with Gasteiger partial charge in [-0.2, -0.15) is 8.78 Å². The largest absolute Gasteiger partial charge is 0.481 e. The van der Waals surface area contributed by atoms with E-state index in [0.717, 1.165) is 11.8 Å². The topological polar surface area (TPSA) is 66.8 Å². The van der Waals surface area contributed by atoms with Crippen molar-refractivity contribution in [3.05, 3.63) is 34.7 Å². The molecule has 0 bridgehead atoms. The highest BCUT2D eigenvalue weighted by Crippen LogP contribution is 2.32. The van der Waals surface area contributed by atoms with E-state index in [1.54, 1.807) is 6.08 Å². The van der Waals surface area contributed by atoms with E-state index in [1.165, 1.54) is 29.2 Å². The Morgan fingerprint density at radius 3 is 2.61 bits per heavy atom. The van der Waals surface area contributed by atoms with E-state index < -0.39 is 12.6 Å². The van der Waals surface area contributed by atoms with Gasteiger partial charge in [-0.3, -0.25) is 14.5 Å². The third-order valence-corrected chi connectivity index (χ3v) is 4.20. The molecule has 1 heterocycles. The number of carbonyl (C=O) groups excluding carboxylic acids is 1. The normalized spacial score (nSPS) is 16.5. The zero-order valence-corrected chi connectivity index (χ0v) is 13.2. The van der Waals surface area contributed by atoms with Crippen LogP contribution < -0.4 is 4.74 Å². The van der Waals surface area contributed by atoms with Gasteiger partial charge < -0.3 is 9.84 Å². The van der Waals surface area contributed by atoms with Gasteiger partial charge in [0.2, 0.25) is 0 Å². The quantitative estimate of drug-likeness (QED) is 0.622. The molecule has 1 aliphatic heterocycles. The van der Waals surface area contributed by atoms with Gasteiger partial charge in [0.05, 0.1) is 11.3 Å². The first-order valence-electron chi connectivity index (χ1n) is 6.39. The number of halogens is 2. The van der Waals surface area contributed by atoms with E-state index in [4.69, 9.17) is 17.3 Å². The van der Waals surface area contributed by atoms with Gasteiger partial charge in [0.25, 0.3) is 5.91 Å². The maximum atomic E-state index is 12.2. The minimum absolute atomic E-state index is 0.0124. The highest BCUT2D eigenvalue weighted by molar-refractivity contribution is 8.26. The number of carboxylic acids is 1. The van der Waals surface area contributed by atoms with Gasteiger partial charge in [0.15, 0.2) is 0 Å². The van der Waals surface area contributed by atoms with Gasteiger partial charge >= 0.3 is 12.6 Å². The molecule has 1 aliphatic rings. The fourth-order valence-electron chi connectivity index (χ4n) is 1.80.